The number of rotatable bonds is 2. The van der Waals surface area contributed by atoms with Gasteiger partial charge in [0.2, 0.25) is 0 Å². The van der Waals surface area contributed by atoms with E-state index in [1.54, 1.807) is 0 Å². The summed E-state index contributed by atoms with van der Waals surface area (Å²) in [4.78, 5) is 0. The van der Waals surface area contributed by atoms with Gasteiger partial charge in [-0.25, -0.2) is 12.2 Å². The van der Waals surface area contributed by atoms with Crippen molar-refractivity contribution >= 4 is 28.0 Å². The summed E-state index contributed by atoms with van der Waals surface area (Å²) >= 11 is 0.729. The van der Waals surface area contributed by atoms with Crippen molar-refractivity contribution < 1.29 is 50.6 Å². The summed E-state index contributed by atoms with van der Waals surface area (Å²) in [6, 6.07) is 9.16. The maximum atomic E-state index is 12.7. The normalized spacial score (nSPS) is 35.7. The van der Waals surface area contributed by atoms with Gasteiger partial charge in [0, 0.05) is 10.8 Å². The molecule has 58 heavy (non-hydrogen) atoms. The van der Waals surface area contributed by atoms with E-state index in [2.05, 4.69) is 141 Å². The molecule has 8 unspecified atom stereocenters. The van der Waals surface area contributed by atoms with Gasteiger partial charge >= 0.3 is 137 Å². The largest absolute Gasteiger partial charge is 0.273 e. The fourth-order valence-corrected chi connectivity index (χ4v) is 12.2. The van der Waals surface area contributed by atoms with Crippen LogP contribution in [0.15, 0.2) is 139 Å². The van der Waals surface area contributed by atoms with Gasteiger partial charge in [0.15, 0.2) is 0 Å². The van der Waals surface area contributed by atoms with Crippen molar-refractivity contribution in [1.82, 2.24) is 0 Å². The number of fused-ring (bicyclic) bond motifs is 8. The fourth-order valence-electron chi connectivity index (χ4n) is 11.5. The van der Waals surface area contributed by atoms with E-state index < -0.39 is 23.5 Å². The van der Waals surface area contributed by atoms with Crippen molar-refractivity contribution in [1.29, 1.82) is 0 Å². The first-order valence-electron chi connectivity index (χ1n) is 19.1. The molecule has 0 amide bonds. The second kappa shape index (κ2) is 16.3. The van der Waals surface area contributed by atoms with E-state index in [0.29, 0.717) is 9.12 Å². The van der Waals surface area contributed by atoms with Crippen LogP contribution in [-0.2, 0) is 36.6 Å². The van der Waals surface area contributed by atoms with Gasteiger partial charge in [0.1, 0.15) is 0 Å². The van der Waals surface area contributed by atoms with Crippen LogP contribution >= 0.6 is 24.8 Å². The number of allylic oxidation sites excluding steroid dienone is 16. The molecule has 0 aromatic heterocycles. The van der Waals surface area contributed by atoms with Crippen molar-refractivity contribution in [3.8, 4) is 0 Å². The van der Waals surface area contributed by atoms with Crippen LogP contribution < -0.4 is 0 Å². The molecule has 2 fully saturated rings. The van der Waals surface area contributed by atoms with Crippen LogP contribution in [0.3, 0.4) is 0 Å². The third-order valence-corrected chi connectivity index (χ3v) is 17.0. The van der Waals surface area contributed by atoms with Crippen LogP contribution in [0.5, 0.6) is 0 Å². The van der Waals surface area contributed by atoms with E-state index in [1.807, 2.05) is 12.2 Å². The molecule has 0 spiro atoms. The summed E-state index contributed by atoms with van der Waals surface area (Å²) in [5.74, 6) is 0.460. The molecule has 8 atom stereocenters. The molecule has 0 heterocycles. The summed E-state index contributed by atoms with van der Waals surface area (Å²) < 4.78 is 76.7. The van der Waals surface area contributed by atoms with Gasteiger partial charge in [-0.2, -0.15) is 6.08 Å². The van der Waals surface area contributed by atoms with Crippen LogP contribution in [0, 0.1) is 56.3 Å². The average Bonchev–Trinajstić information content (AvgIpc) is 3.80. The monoisotopic (exact) mass is 914 g/mol. The van der Waals surface area contributed by atoms with Gasteiger partial charge in [-0.05, 0) is 28.6 Å². The number of benzene rings is 2. The van der Waals surface area contributed by atoms with Crippen molar-refractivity contribution in [3.05, 3.63) is 174 Å². The molecule has 2 aromatic rings. The quantitative estimate of drug-likeness (QED) is 0.208. The molecular formula is C49H52Cl2F6Zr. The second-order valence-electron chi connectivity index (χ2n) is 17.2. The van der Waals surface area contributed by atoms with Crippen molar-refractivity contribution in [3.63, 3.8) is 0 Å². The zero-order valence-corrected chi connectivity index (χ0v) is 38.2. The Morgan fingerprint density at radius 2 is 1.14 bits per heavy atom. The zero-order chi connectivity index (χ0) is 41.2. The molecule has 9 heteroatoms. The van der Waals surface area contributed by atoms with Crippen molar-refractivity contribution in [2.45, 2.75) is 74.2 Å². The van der Waals surface area contributed by atoms with Crippen molar-refractivity contribution in [2.75, 3.05) is 0 Å². The van der Waals surface area contributed by atoms with Crippen LogP contribution in [-0.4, -0.2) is 3.21 Å². The molecule has 0 aliphatic heterocycles. The number of hydrogen-bond donors (Lipinski definition) is 0. The standard InChI is InChI=1S/C29H37.C15H8F6.C5H5.2ClH.Zr/c1-21-14-13-15-22-20-27(6)25(4)18-10-9-16-23(25,2)24(3)17-11-12-19-26(24,5)29(27,8)28(21,22)7;16-14(17,18)12-5-1-3-10(8-12)7-11-4-2-6-13(9-11)15(19,20)21;1-2-4-5-3-1;;;/h9-20,22H,1-8H3;1-6,8-9H;1-3H,4H2;2*1H;/q-1;;-1;;;+2. The SMILES string of the molecule is CC1=CC=CC2[CH-]C3(C)C4(C)C=CC=CC4(C)C4(C)C=CC=CC4(C)C3(C)C12C.Cl.Cl.FC(F)(F)c1cccc([C](=[Zr+2])c2cccc(C(F)(F)F)c2)c1.[C-]1=CC=CC1. The molecule has 2 aromatic carbocycles. The summed E-state index contributed by atoms with van der Waals surface area (Å²) in [5, 5.41) is 0. The molecule has 8 rings (SSSR count). The van der Waals surface area contributed by atoms with E-state index in [-0.39, 0.29) is 73.8 Å². The average molecular weight is 917 g/mol. The molecular weight excluding hydrogens is 865 g/mol. The topological polar surface area (TPSA) is 0 Å². The first kappa shape index (κ1) is 47.9. The Labute approximate surface area is 368 Å². The smallest absolute Gasteiger partial charge is 0.109 e. The second-order valence-corrected chi connectivity index (χ2v) is 18.5. The number of halogens is 8. The Hall–Kier alpha value is -2.73. The molecule has 6 aliphatic carbocycles. The van der Waals surface area contributed by atoms with Crippen LogP contribution in [0.4, 0.5) is 26.3 Å². The van der Waals surface area contributed by atoms with E-state index in [4.69, 9.17) is 0 Å². The van der Waals surface area contributed by atoms with Crippen molar-refractivity contribution in [2.24, 2.45) is 43.8 Å². The zero-order valence-electron chi connectivity index (χ0n) is 34.1. The van der Waals surface area contributed by atoms with E-state index >= 15 is 0 Å². The summed E-state index contributed by atoms with van der Waals surface area (Å²) in [5.41, 5.74) is 0.630. The van der Waals surface area contributed by atoms with Crippen LogP contribution in [0.25, 0.3) is 0 Å². The minimum atomic E-state index is -4.49. The van der Waals surface area contributed by atoms with Gasteiger partial charge < -0.3 is 6.42 Å². The third-order valence-electron chi connectivity index (χ3n) is 15.6. The molecule has 0 bridgehead atoms. The molecule has 0 radical (unpaired) electrons. The molecule has 2 saturated carbocycles. The van der Waals surface area contributed by atoms with Crippen LogP contribution in [0.1, 0.15) is 84.1 Å². The van der Waals surface area contributed by atoms with Crippen LogP contribution in [0.2, 0.25) is 0 Å². The maximum Gasteiger partial charge on any atom is -0.109 e. The molecule has 308 valence electrons. The van der Waals surface area contributed by atoms with E-state index in [9.17, 15) is 26.3 Å². The minimum absolute atomic E-state index is 0. The van der Waals surface area contributed by atoms with E-state index in [1.165, 1.54) is 29.8 Å². The molecule has 0 nitrogen and oxygen atoms in total. The van der Waals surface area contributed by atoms with Gasteiger partial charge in [-0.1, -0.05) is 115 Å². The Kier molecular flexibility index (Phi) is 13.5. The van der Waals surface area contributed by atoms with E-state index in [0.717, 1.165) is 54.9 Å². The molecule has 6 aliphatic rings. The van der Waals surface area contributed by atoms with Gasteiger partial charge in [0.25, 0.3) is 0 Å². The Morgan fingerprint density at radius 3 is 1.57 bits per heavy atom. The molecule has 0 N–H and O–H groups in total. The first-order valence-corrected chi connectivity index (χ1v) is 20.3. The Morgan fingerprint density at radius 1 is 0.672 bits per heavy atom. The number of hydrogen-bond acceptors (Lipinski definition) is 0. The first-order chi connectivity index (χ1) is 26.0. The van der Waals surface area contributed by atoms with Gasteiger partial charge in [0.05, 0.1) is 0 Å². The van der Waals surface area contributed by atoms with Gasteiger partial charge in [-0.15, -0.1) is 48.6 Å². The third kappa shape index (κ3) is 6.80. The minimum Gasteiger partial charge on any atom is -0.273 e. The predicted octanol–water partition coefficient (Wildman–Crippen LogP) is 14.6. The Bertz CT molecular complexity index is 2080. The predicted molar refractivity (Wildman–Crippen MR) is 226 cm³/mol. The summed E-state index contributed by atoms with van der Waals surface area (Å²) in [6.07, 6.45) is 30.3. The Balaban J connectivity index is 0.000000228. The fraction of sp³-hybridized carbons (Fsp3) is 0.388. The molecule has 0 saturated heterocycles. The summed E-state index contributed by atoms with van der Waals surface area (Å²) in [7, 11) is 0. The summed E-state index contributed by atoms with van der Waals surface area (Å²) in [6.45, 7) is 20.3. The van der Waals surface area contributed by atoms with Gasteiger partial charge in [-0.3, -0.25) is 6.08 Å². The maximum absolute atomic E-state index is 12.7. The number of alkyl halides is 6.